The van der Waals surface area contributed by atoms with Crippen molar-refractivity contribution in [2.24, 2.45) is 0 Å². The first-order valence-corrected chi connectivity index (χ1v) is 7.19. The Labute approximate surface area is 84.5 Å². The Morgan fingerprint density at radius 1 is 1.33 bits per heavy atom. The minimum absolute atomic E-state index is 0.618. The summed E-state index contributed by atoms with van der Waals surface area (Å²) in [6.07, 6.45) is 6.79. The molecule has 1 aliphatic carbocycles. The standard InChI is InChI=1S/C9H21NSSi/c11-9-5-2-1-4-8(9)10-6-3-7-12/h8-11H,1-7H2,12H3. The Kier molecular flexibility index (Phi) is 5.35. The lowest BCUT2D eigenvalue weighted by Crippen LogP contribution is -2.39. The monoisotopic (exact) mass is 203 g/mol. The van der Waals surface area contributed by atoms with Crippen LogP contribution in [0, 0.1) is 0 Å². The van der Waals surface area contributed by atoms with Crippen LogP contribution in [0.1, 0.15) is 32.1 Å². The van der Waals surface area contributed by atoms with E-state index in [2.05, 4.69) is 17.9 Å². The summed E-state index contributed by atoms with van der Waals surface area (Å²) in [5.41, 5.74) is 0. The first-order chi connectivity index (χ1) is 5.84. The molecule has 0 aromatic rings. The predicted molar refractivity (Wildman–Crippen MR) is 62.4 cm³/mol. The van der Waals surface area contributed by atoms with E-state index in [1.165, 1.54) is 54.9 Å². The topological polar surface area (TPSA) is 12.0 Å². The second kappa shape index (κ2) is 6.05. The van der Waals surface area contributed by atoms with Crippen LogP contribution in [-0.2, 0) is 0 Å². The quantitative estimate of drug-likeness (QED) is 0.394. The van der Waals surface area contributed by atoms with Crippen LogP contribution >= 0.6 is 12.6 Å². The molecule has 1 rings (SSSR count). The second-order valence-electron chi connectivity index (χ2n) is 3.77. The maximum atomic E-state index is 4.60. The van der Waals surface area contributed by atoms with E-state index in [9.17, 15) is 0 Å². The summed E-state index contributed by atoms with van der Waals surface area (Å²) < 4.78 is 0. The zero-order valence-electron chi connectivity index (χ0n) is 8.05. The van der Waals surface area contributed by atoms with Gasteiger partial charge in [0.25, 0.3) is 0 Å². The highest BCUT2D eigenvalue weighted by atomic mass is 32.1. The van der Waals surface area contributed by atoms with Crippen molar-refractivity contribution in [2.75, 3.05) is 6.54 Å². The molecule has 1 saturated carbocycles. The van der Waals surface area contributed by atoms with Crippen LogP contribution in [0.4, 0.5) is 0 Å². The fourth-order valence-electron chi connectivity index (χ4n) is 1.81. The molecule has 1 N–H and O–H groups in total. The van der Waals surface area contributed by atoms with Gasteiger partial charge in [-0.25, -0.2) is 0 Å². The first kappa shape index (κ1) is 10.6. The van der Waals surface area contributed by atoms with Gasteiger partial charge in [0, 0.05) is 21.5 Å². The molecule has 0 heterocycles. The number of hydrogen-bond acceptors (Lipinski definition) is 2. The lowest BCUT2D eigenvalue weighted by Gasteiger charge is -2.28. The number of hydrogen-bond donors (Lipinski definition) is 2. The molecular weight excluding hydrogens is 182 g/mol. The van der Waals surface area contributed by atoms with E-state index >= 15 is 0 Å². The molecule has 0 radical (unpaired) electrons. The molecule has 0 amide bonds. The summed E-state index contributed by atoms with van der Waals surface area (Å²) in [6.45, 7) is 1.21. The Morgan fingerprint density at radius 3 is 2.75 bits per heavy atom. The highest BCUT2D eigenvalue weighted by Crippen LogP contribution is 2.22. The molecule has 0 aliphatic heterocycles. The van der Waals surface area contributed by atoms with Crippen LogP contribution in [0.3, 0.4) is 0 Å². The maximum Gasteiger partial charge on any atom is 0.0184 e. The summed E-state index contributed by atoms with van der Waals surface area (Å²) >= 11 is 4.60. The summed E-state index contributed by atoms with van der Waals surface area (Å²) in [4.78, 5) is 0. The van der Waals surface area contributed by atoms with Crippen LogP contribution in [0.15, 0.2) is 0 Å². The molecular formula is C9H21NSSi. The van der Waals surface area contributed by atoms with Gasteiger partial charge >= 0.3 is 0 Å². The molecule has 0 bridgehead atoms. The normalized spacial score (nSPS) is 30.8. The van der Waals surface area contributed by atoms with E-state index in [0.29, 0.717) is 11.3 Å². The minimum Gasteiger partial charge on any atom is -0.313 e. The number of rotatable bonds is 4. The third-order valence-corrected chi connectivity index (χ3v) is 3.99. The maximum absolute atomic E-state index is 4.60. The second-order valence-corrected chi connectivity index (χ2v) is 5.43. The van der Waals surface area contributed by atoms with Gasteiger partial charge < -0.3 is 5.32 Å². The van der Waals surface area contributed by atoms with Crippen LogP contribution < -0.4 is 5.32 Å². The lowest BCUT2D eigenvalue weighted by atomic mass is 9.95. The molecule has 1 nitrogen and oxygen atoms in total. The molecule has 0 saturated heterocycles. The fourth-order valence-corrected chi connectivity index (χ4v) is 2.60. The summed E-state index contributed by atoms with van der Waals surface area (Å²) in [5, 5.41) is 4.24. The van der Waals surface area contributed by atoms with Crippen molar-refractivity contribution < 1.29 is 0 Å². The van der Waals surface area contributed by atoms with E-state index in [0.717, 1.165) is 0 Å². The SMILES string of the molecule is [SiH3]CCCNC1CCCCC1S. The van der Waals surface area contributed by atoms with Crippen molar-refractivity contribution in [3.8, 4) is 0 Å². The molecule has 2 unspecified atom stereocenters. The Balaban J connectivity index is 2.11. The molecule has 0 spiro atoms. The molecule has 1 aliphatic rings. The Hall–Kier alpha value is 0.527. The lowest BCUT2D eigenvalue weighted by molar-refractivity contribution is 0.386. The van der Waals surface area contributed by atoms with Crippen molar-refractivity contribution in [3.63, 3.8) is 0 Å². The van der Waals surface area contributed by atoms with E-state index in [4.69, 9.17) is 0 Å². The Bertz CT molecular complexity index is 121. The molecule has 3 heteroatoms. The van der Waals surface area contributed by atoms with Gasteiger partial charge in [-0.2, -0.15) is 12.6 Å². The van der Waals surface area contributed by atoms with Crippen LogP contribution in [0.2, 0.25) is 6.04 Å². The van der Waals surface area contributed by atoms with Crippen LogP contribution in [-0.4, -0.2) is 28.1 Å². The van der Waals surface area contributed by atoms with Gasteiger partial charge in [-0.1, -0.05) is 18.9 Å². The van der Waals surface area contributed by atoms with Gasteiger partial charge in [0.2, 0.25) is 0 Å². The molecule has 12 heavy (non-hydrogen) atoms. The van der Waals surface area contributed by atoms with Crippen molar-refractivity contribution in [3.05, 3.63) is 0 Å². The van der Waals surface area contributed by atoms with E-state index in [-0.39, 0.29) is 0 Å². The van der Waals surface area contributed by atoms with E-state index in [1.807, 2.05) is 0 Å². The molecule has 2 atom stereocenters. The van der Waals surface area contributed by atoms with E-state index < -0.39 is 0 Å². The van der Waals surface area contributed by atoms with Crippen molar-refractivity contribution in [1.82, 2.24) is 5.32 Å². The third-order valence-electron chi connectivity index (χ3n) is 2.67. The minimum atomic E-state index is 0.618. The van der Waals surface area contributed by atoms with Crippen molar-refractivity contribution in [1.29, 1.82) is 0 Å². The highest BCUT2D eigenvalue weighted by Gasteiger charge is 2.20. The molecule has 1 fully saturated rings. The Morgan fingerprint density at radius 2 is 2.08 bits per heavy atom. The van der Waals surface area contributed by atoms with Gasteiger partial charge in [0.15, 0.2) is 0 Å². The predicted octanol–water partition coefficient (Wildman–Crippen LogP) is 0.991. The van der Waals surface area contributed by atoms with Gasteiger partial charge in [-0.3, -0.25) is 0 Å². The largest absolute Gasteiger partial charge is 0.313 e. The van der Waals surface area contributed by atoms with E-state index in [1.54, 1.807) is 0 Å². The molecule has 72 valence electrons. The highest BCUT2D eigenvalue weighted by molar-refractivity contribution is 7.81. The van der Waals surface area contributed by atoms with Crippen LogP contribution in [0.25, 0.3) is 0 Å². The molecule has 0 aromatic heterocycles. The fraction of sp³-hybridized carbons (Fsp3) is 1.00. The van der Waals surface area contributed by atoms with Gasteiger partial charge in [-0.15, -0.1) is 0 Å². The zero-order chi connectivity index (χ0) is 8.81. The summed E-state index contributed by atoms with van der Waals surface area (Å²) in [6, 6.07) is 2.13. The van der Waals surface area contributed by atoms with Crippen molar-refractivity contribution in [2.45, 2.75) is 49.4 Å². The van der Waals surface area contributed by atoms with Gasteiger partial charge in [-0.05, 0) is 25.8 Å². The van der Waals surface area contributed by atoms with Gasteiger partial charge in [0.05, 0.1) is 0 Å². The van der Waals surface area contributed by atoms with Crippen molar-refractivity contribution >= 4 is 22.9 Å². The number of nitrogens with one attached hydrogen (secondary N) is 1. The average molecular weight is 203 g/mol. The molecule has 0 aromatic carbocycles. The summed E-state index contributed by atoms with van der Waals surface area (Å²) in [5.74, 6) is 0. The number of thiol groups is 1. The van der Waals surface area contributed by atoms with Crippen LogP contribution in [0.5, 0.6) is 0 Å². The third kappa shape index (κ3) is 3.50. The smallest absolute Gasteiger partial charge is 0.0184 e. The first-order valence-electron chi connectivity index (χ1n) is 5.26. The summed E-state index contributed by atoms with van der Waals surface area (Å²) in [7, 11) is 1.35. The van der Waals surface area contributed by atoms with Gasteiger partial charge in [0.1, 0.15) is 0 Å². The average Bonchev–Trinajstić information content (AvgIpc) is 2.09. The zero-order valence-corrected chi connectivity index (χ0v) is 10.9.